The first-order chi connectivity index (χ1) is 19.6. The first-order valence-corrected chi connectivity index (χ1v) is 15.5. The molecule has 1 unspecified atom stereocenters. The fraction of sp³-hybridized carbons (Fsp3) is 0.333. The van der Waals surface area contributed by atoms with Gasteiger partial charge in [-0.05, 0) is 86.5 Å². The maximum absolute atomic E-state index is 14.0. The van der Waals surface area contributed by atoms with Gasteiger partial charge in [0, 0.05) is 17.6 Å². The first-order valence-electron chi connectivity index (χ1n) is 13.3. The molecule has 2 amide bonds. The molecule has 11 heteroatoms. The molecule has 0 aliphatic rings. The Morgan fingerprint density at radius 2 is 1.66 bits per heavy atom. The van der Waals surface area contributed by atoms with Crippen LogP contribution in [-0.2, 0) is 26.2 Å². The normalized spacial score (nSPS) is 11.8. The smallest absolute Gasteiger partial charge is 0.264 e. The number of anilines is 1. The number of nitrogens with zero attached hydrogens (tertiary/aromatic N) is 2. The standard InChI is InChI=1S/C30H36BrN3O6S/c1-5-18-32-30(36)22(3)33(20-23-8-7-9-27(19-23)39-4)29(35)21-34(25-12-14-26(15-13-25)40-6-2)41(37,38)28-16-10-24(31)11-17-28/h7-17,19,22H,5-6,18,20-21H2,1-4H3,(H,32,36). The zero-order valence-electron chi connectivity index (χ0n) is 23.7. The Balaban J connectivity index is 2.03. The Labute approximate surface area is 250 Å². The summed E-state index contributed by atoms with van der Waals surface area (Å²) in [5.41, 5.74) is 1.02. The van der Waals surface area contributed by atoms with Gasteiger partial charge < -0.3 is 19.7 Å². The second-order valence-corrected chi connectivity index (χ2v) is 12.0. The van der Waals surface area contributed by atoms with E-state index >= 15 is 0 Å². The van der Waals surface area contributed by atoms with Crippen molar-refractivity contribution in [2.24, 2.45) is 0 Å². The number of carbonyl (C=O) groups is 2. The average molecular weight is 647 g/mol. The first kappa shape index (κ1) is 32.0. The van der Waals surface area contributed by atoms with Crippen LogP contribution in [0.3, 0.4) is 0 Å². The van der Waals surface area contributed by atoms with Gasteiger partial charge in [0.1, 0.15) is 24.1 Å². The van der Waals surface area contributed by atoms with Gasteiger partial charge in [-0.2, -0.15) is 0 Å². The Bertz CT molecular complexity index is 1410. The number of amides is 2. The lowest BCUT2D eigenvalue weighted by Crippen LogP contribution is -2.51. The summed E-state index contributed by atoms with van der Waals surface area (Å²) in [6.45, 7) is 5.88. The number of carbonyl (C=O) groups excluding carboxylic acids is 2. The molecule has 0 fully saturated rings. The Hall–Kier alpha value is -3.57. The van der Waals surface area contributed by atoms with E-state index in [1.54, 1.807) is 68.6 Å². The lowest BCUT2D eigenvalue weighted by atomic mass is 10.1. The predicted molar refractivity (Wildman–Crippen MR) is 163 cm³/mol. The number of rotatable bonds is 14. The van der Waals surface area contributed by atoms with Crippen LogP contribution in [0.1, 0.15) is 32.8 Å². The van der Waals surface area contributed by atoms with Crippen molar-refractivity contribution in [1.29, 1.82) is 0 Å². The molecular weight excluding hydrogens is 610 g/mol. The minimum atomic E-state index is -4.16. The van der Waals surface area contributed by atoms with E-state index in [1.807, 2.05) is 19.9 Å². The van der Waals surface area contributed by atoms with E-state index in [-0.39, 0.29) is 23.0 Å². The number of hydrogen-bond acceptors (Lipinski definition) is 6. The summed E-state index contributed by atoms with van der Waals surface area (Å²) in [6.07, 6.45) is 0.735. The molecule has 3 aromatic carbocycles. The van der Waals surface area contributed by atoms with Gasteiger partial charge in [0.05, 0.1) is 24.3 Å². The van der Waals surface area contributed by atoms with Crippen LogP contribution in [0.25, 0.3) is 0 Å². The van der Waals surface area contributed by atoms with Crippen molar-refractivity contribution in [1.82, 2.24) is 10.2 Å². The lowest BCUT2D eigenvalue weighted by molar-refractivity contribution is -0.139. The molecule has 0 spiro atoms. The molecule has 0 heterocycles. The molecule has 0 saturated heterocycles. The highest BCUT2D eigenvalue weighted by Crippen LogP contribution is 2.27. The highest BCUT2D eigenvalue weighted by molar-refractivity contribution is 9.10. The molecular formula is C30H36BrN3O6S. The Morgan fingerprint density at radius 3 is 2.27 bits per heavy atom. The van der Waals surface area contributed by atoms with Crippen LogP contribution < -0.4 is 19.1 Å². The fourth-order valence-electron chi connectivity index (χ4n) is 4.08. The molecule has 0 aliphatic carbocycles. The average Bonchev–Trinajstić information content (AvgIpc) is 2.97. The highest BCUT2D eigenvalue weighted by Gasteiger charge is 2.32. The van der Waals surface area contributed by atoms with Crippen molar-refractivity contribution in [3.8, 4) is 11.5 Å². The maximum atomic E-state index is 14.0. The minimum absolute atomic E-state index is 0.0236. The molecule has 0 saturated carbocycles. The number of sulfonamides is 1. The molecule has 9 nitrogen and oxygen atoms in total. The topological polar surface area (TPSA) is 105 Å². The zero-order chi connectivity index (χ0) is 30.0. The molecule has 3 rings (SSSR count). The van der Waals surface area contributed by atoms with Gasteiger partial charge in [0.2, 0.25) is 11.8 Å². The fourth-order valence-corrected chi connectivity index (χ4v) is 5.76. The van der Waals surface area contributed by atoms with Gasteiger partial charge in [-0.1, -0.05) is 35.0 Å². The summed E-state index contributed by atoms with van der Waals surface area (Å²) in [6, 6.07) is 19.0. The third-order valence-corrected chi connectivity index (χ3v) is 8.64. The summed E-state index contributed by atoms with van der Waals surface area (Å²) in [5.74, 6) is 0.310. The Kier molecular flexibility index (Phi) is 11.6. The molecule has 220 valence electrons. The van der Waals surface area contributed by atoms with Crippen molar-refractivity contribution < 1.29 is 27.5 Å². The van der Waals surface area contributed by atoms with Gasteiger partial charge >= 0.3 is 0 Å². The van der Waals surface area contributed by atoms with Gasteiger partial charge in [-0.15, -0.1) is 0 Å². The van der Waals surface area contributed by atoms with E-state index in [4.69, 9.17) is 9.47 Å². The SMILES string of the molecule is CCCNC(=O)C(C)N(Cc1cccc(OC)c1)C(=O)CN(c1ccc(OCC)cc1)S(=O)(=O)c1ccc(Br)cc1. The molecule has 41 heavy (non-hydrogen) atoms. The minimum Gasteiger partial charge on any atom is -0.497 e. The molecule has 0 radical (unpaired) electrons. The van der Waals surface area contributed by atoms with Crippen molar-refractivity contribution >= 4 is 43.5 Å². The van der Waals surface area contributed by atoms with Crippen LogP contribution in [0, 0.1) is 0 Å². The zero-order valence-corrected chi connectivity index (χ0v) is 26.1. The molecule has 0 bridgehead atoms. The van der Waals surface area contributed by atoms with E-state index in [1.165, 1.54) is 17.0 Å². The summed E-state index contributed by atoms with van der Waals surface area (Å²) in [7, 11) is -2.62. The third-order valence-electron chi connectivity index (χ3n) is 6.32. The van der Waals surface area contributed by atoms with Gasteiger partial charge in [-0.25, -0.2) is 8.42 Å². The summed E-state index contributed by atoms with van der Waals surface area (Å²) >= 11 is 3.34. The van der Waals surface area contributed by atoms with Gasteiger partial charge in [-0.3, -0.25) is 13.9 Å². The number of ether oxygens (including phenoxy) is 2. The monoisotopic (exact) mass is 645 g/mol. The maximum Gasteiger partial charge on any atom is 0.264 e. The molecule has 0 aliphatic heterocycles. The van der Waals surface area contributed by atoms with Crippen LogP contribution in [0.15, 0.2) is 82.2 Å². The summed E-state index contributed by atoms with van der Waals surface area (Å²) < 4.78 is 40.4. The summed E-state index contributed by atoms with van der Waals surface area (Å²) in [4.78, 5) is 28.4. The summed E-state index contributed by atoms with van der Waals surface area (Å²) in [5, 5.41) is 2.83. The van der Waals surface area contributed by atoms with E-state index < -0.39 is 28.5 Å². The predicted octanol–water partition coefficient (Wildman–Crippen LogP) is 5.00. The van der Waals surface area contributed by atoms with Gasteiger partial charge in [0.25, 0.3) is 10.0 Å². The number of hydrogen-bond donors (Lipinski definition) is 1. The molecule has 1 N–H and O–H groups in total. The van der Waals surface area contributed by atoms with E-state index in [0.29, 0.717) is 24.7 Å². The number of nitrogens with one attached hydrogen (secondary N) is 1. The quantitative estimate of drug-likeness (QED) is 0.265. The second-order valence-electron chi connectivity index (χ2n) is 9.23. The third kappa shape index (κ3) is 8.46. The van der Waals surface area contributed by atoms with Crippen molar-refractivity contribution in [3.63, 3.8) is 0 Å². The number of benzene rings is 3. The van der Waals surface area contributed by atoms with E-state index in [0.717, 1.165) is 20.8 Å². The highest BCUT2D eigenvalue weighted by atomic mass is 79.9. The lowest BCUT2D eigenvalue weighted by Gasteiger charge is -2.32. The Morgan fingerprint density at radius 1 is 0.976 bits per heavy atom. The van der Waals surface area contributed by atoms with Crippen molar-refractivity contribution in [3.05, 3.63) is 82.8 Å². The molecule has 0 aromatic heterocycles. The van der Waals surface area contributed by atoms with E-state index in [2.05, 4.69) is 21.2 Å². The van der Waals surface area contributed by atoms with E-state index in [9.17, 15) is 18.0 Å². The molecule has 3 aromatic rings. The largest absolute Gasteiger partial charge is 0.497 e. The van der Waals surface area contributed by atoms with Gasteiger partial charge in [0.15, 0.2) is 0 Å². The van der Waals surface area contributed by atoms with Crippen molar-refractivity contribution in [2.75, 3.05) is 31.1 Å². The number of methoxy groups -OCH3 is 1. The number of halogens is 1. The van der Waals surface area contributed by atoms with Crippen LogP contribution in [-0.4, -0.2) is 58.0 Å². The van der Waals surface area contributed by atoms with Crippen LogP contribution in [0.2, 0.25) is 0 Å². The van der Waals surface area contributed by atoms with Crippen LogP contribution in [0.4, 0.5) is 5.69 Å². The van der Waals surface area contributed by atoms with Crippen LogP contribution in [0.5, 0.6) is 11.5 Å². The van der Waals surface area contributed by atoms with Crippen LogP contribution >= 0.6 is 15.9 Å². The second kappa shape index (κ2) is 14.9. The molecule has 1 atom stereocenters. The van der Waals surface area contributed by atoms with Crippen molar-refractivity contribution in [2.45, 2.75) is 44.7 Å².